The second kappa shape index (κ2) is 9.33. The van der Waals surface area contributed by atoms with Crippen molar-refractivity contribution in [3.63, 3.8) is 0 Å². The number of amides is 1. The van der Waals surface area contributed by atoms with Crippen LogP contribution in [0.5, 0.6) is 5.75 Å². The number of aromatic hydroxyl groups is 1. The van der Waals surface area contributed by atoms with Crippen LogP contribution >= 0.6 is 0 Å². The SMILES string of the molecule is O=C(Cc1c(O)cccc1-c1ccccc1)N(Cc1ccccc1)C1Cc2ccccc2C1. The first-order chi connectivity index (χ1) is 16.2. The highest BCUT2D eigenvalue weighted by Gasteiger charge is 2.30. The van der Waals surface area contributed by atoms with Gasteiger partial charge in [-0.3, -0.25) is 4.79 Å². The zero-order chi connectivity index (χ0) is 22.6. The predicted octanol–water partition coefficient (Wildman–Crippen LogP) is 5.80. The number of phenolic OH excluding ortho intramolecular Hbond substituents is 1. The van der Waals surface area contributed by atoms with E-state index in [0.29, 0.717) is 12.1 Å². The molecule has 1 aliphatic carbocycles. The molecule has 0 saturated heterocycles. The van der Waals surface area contributed by atoms with Gasteiger partial charge in [-0.15, -0.1) is 0 Å². The van der Waals surface area contributed by atoms with Crippen molar-refractivity contribution < 1.29 is 9.90 Å². The summed E-state index contributed by atoms with van der Waals surface area (Å²) in [5, 5.41) is 10.7. The molecule has 3 nitrogen and oxygen atoms in total. The fourth-order valence-corrected chi connectivity index (χ4v) is 4.86. The Balaban J connectivity index is 1.46. The Hall–Kier alpha value is -3.85. The maximum absolute atomic E-state index is 13.8. The maximum Gasteiger partial charge on any atom is 0.227 e. The van der Waals surface area contributed by atoms with Gasteiger partial charge in [-0.2, -0.15) is 0 Å². The molecule has 0 atom stereocenters. The van der Waals surface area contributed by atoms with Crippen LogP contribution in [-0.2, 0) is 30.6 Å². The molecule has 1 N–H and O–H groups in total. The highest BCUT2D eigenvalue weighted by Crippen LogP contribution is 2.32. The molecule has 0 unspecified atom stereocenters. The Kier molecular flexibility index (Phi) is 5.95. The largest absolute Gasteiger partial charge is 0.508 e. The van der Waals surface area contributed by atoms with Gasteiger partial charge < -0.3 is 10.0 Å². The van der Waals surface area contributed by atoms with Gasteiger partial charge in [-0.05, 0) is 46.7 Å². The Bertz CT molecular complexity index is 1230. The summed E-state index contributed by atoms with van der Waals surface area (Å²) in [6.45, 7) is 0.562. The topological polar surface area (TPSA) is 40.5 Å². The van der Waals surface area contributed by atoms with E-state index in [9.17, 15) is 9.90 Å². The highest BCUT2D eigenvalue weighted by molar-refractivity contribution is 5.84. The van der Waals surface area contributed by atoms with Gasteiger partial charge in [0.2, 0.25) is 5.91 Å². The number of phenols is 1. The first kappa shape index (κ1) is 21.0. The molecule has 1 aliphatic rings. The van der Waals surface area contributed by atoms with E-state index in [2.05, 4.69) is 36.4 Å². The summed E-state index contributed by atoms with van der Waals surface area (Å²) < 4.78 is 0. The number of rotatable bonds is 6. The first-order valence-corrected chi connectivity index (χ1v) is 11.5. The Labute approximate surface area is 195 Å². The number of benzene rings is 4. The van der Waals surface area contributed by atoms with Crippen LogP contribution in [-0.4, -0.2) is 22.0 Å². The van der Waals surface area contributed by atoms with Crippen LogP contribution in [0.2, 0.25) is 0 Å². The minimum absolute atomic E-state index is 0.0374. The zero-order valence-corrected chi connectivity index (χ0v) is 18.5. The third-order valence-electron chi connectivity index (χ3n) is 6.55. The second-order valence-electron chi connectivity index (χ2n) is 8.68. The molecule has 0 aromatic heterocycles. The van der Waals surface area contributed by atoms with E-state index in [0.717, 1.165) is 29.5 Å². The minimum Gasteiger partial charge on any atom is -0.508 e. The van der Waals surface area contributed by atoms with Crippen molar-refractivity contribution in [3.05, 3.63) is 125 Å². The number of fused-ring (bicyclic) bond motifs is 1. The molecule has 4 aromatic rings. The molecule has 4 aromatic carbocycles. The zero-order valence-electron chi connectivity index (χ0n) is 18.5. The summed E-state index contributed by atoms with van der Waals surface area (Å²) in [6, 6.07) is 34.2. The first-order valence-electron chi connectivity index (χ1n) is 11.5. The summed E-state index contributed by atoms with van der Waals surface area (Å²) in [6.07, 6.45) is 1.89. The van der Waals surface area contributed by atoms with Crippen molar-refractivity contribution in [2.24, 2.45) is 0 Å². The van der Waals surface area contributed by atoms with Gasteiger partial charge in [-0.25, -0.2) is 0 Å². The molecule has 0 heterocycles. The predicted molar refractivity (Wildman–Crippen MR) is 132 cm³/mol. The average molecular weight is 434 g/mol. The van der Waals surface area contributed by atoms with Crippen molar-refractivity contribution >= 4 is 5.91 Å². The van der Waals surface area contributed by atoms with Crippen LogP contribution in [0.25, 0.3) is 11.1 Å². The van der Waals surface area contributed by atoms with Crippen LogP contribution in [0.1, 0.15) is 22.3 Å². The molecule has 164 valence electrons. The molecule has 3 heteroatoms. The third kappa shape index (κ3) is 4.54. The Morgan fingerprint density at radius 1 is 0.758 bits per heavy atom. The lowest BCUT2D eigenvalue weighted by Gasteiger charge is -2.30. The minimum atomic E-state index is 0.0374. The number of hydrogen-bond acceptors (Lipinski definition) is 2. The smallest absolute Gasteiger partial charge is 0.227 e. The average Bonchev–Trinajstić information content (AvgIpc) is 3.29. The van der Waals surface area contributed by atoms with Gasteiger partial charge >= 0.3 is 0 Å². The Morgan fingerprint density at radius 2 is 1.36 bits per heavy atom. The van der Waals surface area contributed by atoms with Crippen molar-refractivity contribution in [3.8, 4) is 16.9 Å². The van der Waals surface area contributed by atoms with Gasteiger partial charge in [0.15, 0.2) is 0 Å². The van der Waals surface area contributed by atoms with E-state index in [1.807, 2.05) is 65.6 Å². The molecule has 0 aliphatic heterocycles. The van der Waals surface area contributed by atoms with Crippen LogP contribution in [0.3, 0.4) is 0 Å². The second-order valence-corrected chi connectivity index (χ2v) is 8.68. The molecule has 1 amide bonds. The molecular formula is C30H27NO2. The summed E-state index contributed by atoms with van der Waals surface area (Å²) in [5.41, 5.74) is 6.34. The van der Waals surface area contributed by atoms with Gasteiger partial charge in [0.1, 0.15) is 5.75 Å². The van der Waals surface area contributed by atoms with Crippen LogP contribution in [0.15, 0.2) is 103 Å². The van der Waals surface area contributed by atoms with E-state index in [1.54, 1.807) is 6.07 Å². The van der Waals surface area contributed by atoms with E-state index in [1.165, 1.54) is 11.1 Å². The molecule has 0 saturated carbocycles. The van der Waals surface area contributed by atoms with Crippen LogP contribution in [0.4, 0.5) is 0 Å². The van der Waals surface area contributed by atoms with Crippen molar-refractivity contribution in [2.75, 3.05) is 0 Å². The quantitative estimate of drug-likeness (QED) is 0.418. The van der Waals surface area contributed by atoms with Crippen LogP contribution < -0.4 is 0 Å². The maximum atomic E-state index is 13.8. The number of carbonyl (C=O) groups excluding carboxylic acids is 1. The van der Waals surface area contributed by atoms with E-state index in [-0.39, 0.29) is 24.1 Å². The lowest BCUT2D eigenvalue weighted by molar-refractivity contribution is -0.133. The summed E-state index contributed by atoms with van der Waals surface area (Å²) in [5.74, 6) is 0.203. The molecular weight excluding hydrogens is 406 g/mol. The standard InChI is InChI=1S/C30H27NO2/c32-29-17-9-16-27(23-12-5-2-6-13-23)28(29)20-30(33)31(21-22-10-3-1-4-11-22)26-18-24-14-7-8-15-25(24)19-26/h1-17,26,32H,18-21H2. The van der Waals surface area contributed by atoms with Crippen molar-refractivity contribution in [2.45, 2.75) is 31.8 Å². The van der Waals surface area contributed by atoms with Gasteiger partial charge in [0.05, 0.1) is 6.42 Å². The van der Waals surface area contributed by atoms with E-state index < -0.39 is 0 Å². The van der Waals surface area contributed by atoms with Gasteiger partial charge in [0.25, 0.3) is 0 Å². The van der Waals surface area contributed by atoms with Crippen molar-refractivity contribution in [1.29, 1.82) is 0 Å². The number of hydrogen-bond donors (Lipinski definition) is 1. The van der Waals surface area contributed by atoms with E-state index in [4.69, 9.17) is 0 Å². The normalized spacial score (nSPS) is 13.0. The molecule has 0 fully saturated rings. The third-order valence-corrected chi connectivity index (χ3v) is 6.55. The number of nitrogens with zero attached hydrogens (tertiary/aromatic N) is 1. The fourth-order valence-electron chi connectivity index (χ4n) is 4.86. The monoisotopic (exact) mass is 433 g/mol. The molecule has 0 bridgehead atoms. The van der Waals surface area contributed by atoms with Gasteiger partial charge in [-0.1, -0.05) is 97.1 Å². The fraction of sp³-hybridized carbons (Fsp3) is 0.167. The molecule has 5 rings (SSSR count). The molecule has 33 heavy (non-hydrogen) atoms. The lowest BCUT2D eigenvalue weighted by atomic mass is 9.96. The van der Waals surface area contributed by atoms with Crippen LogP contribution in [0, 0.1) is 0 Å². The van der Waals surface area contributed by atoms with Crippen molar-refractivity contribution in [1.82, 2.24) is 4.90 Å². The van der Waals surface area contributed by atoms with E-state index >= 15 is 0 Å². The molecule has 0 radical (unpaired) electrons. The molecule has 0 spiro atoms. The summed E-state index contributed by atoms with van der Waals surface area (Å²) in [4.78, 5) is 15.8. The summed E-state index contributed by atoms with van der Waals surface area (Å²) in [7, 11) is 0. The summed E-state index contributed by atoms with van der Waals surface area (Å²) >= 11 is 0. The number of carbonyl (C=O) groups is 1. The van der Waals surface area contributed by atoms with Gasteiger partial charge in [0, 0.05) is 18.2 Å². The Morgan fingerprint density at radius 3 is 2.03 bits per heavy atom. The highest BCUT2D eigenvalue weighted by atomic mass is 16.3. The lowest BCUT2D eigenvalue weighted by Crippen LogP contribution is -2.41.